The van der Waals surface area contributed by atoms with Crippen molar-refractivity contribution in [1.29, 1.82) is 0 Å². The van der Waals surface area contributed by atoms with Crippen LogP contribution in [-0.2, 0) is 16.0 Å². The highest BCUT2D eigenvalue weighted by atomic mass is 32.2. The lowest BCUT2D eigenvalue weighted by molar-refractivity contribution is -0.138. The normalized spacial score (nSPS) is 12.8. The Bertz CT molecular complexity index is 453. The zero-order valence-electron chi connectivity index (χ0n) is 7.62. The van der Waals surface area contributed by atoms with Crippen LogP contribution in [0.5, 0.6) is 0 Å². The van der Waals surface area contributed by atoms with Crippen molar-refractivity contribution in [1.82, 2.24) is 4.98 Å². The molecule has 0 atom stereocenters. The molecule has 0 aliphatic heterocycles. The summed E-state index contributed by atoms with van der Waals surface area (Å²) in [6, 6.07) is 1.88. The highest BCUT2D eigenvalue weighted by Gasteiger charge is 2.34. The van der Waals surface area contributed by atoms with Crippen molar-refractivity contribution in [2.24, 2.45) is 0 Å². The van der Waals surface area contributed by atoms with Crippen LogP contribution >= 0.6 is 0 Å². The molecule has 0 spiro atoms. The molecule has 0 N–H and O–H groups in total. The van der Waals surface area contributed by atoms with E-state index in [0.717, 1.165) is 24.6 Å². The first kappa shape index (κ1) is 12.0. The van der Waals surface area contributed by atoms with Gasteiger partial charge in [0, 0.05) is 12.5 Å². The molecule has 0 aromatic carbocycles. The molecule has 1 aromatic heterocycles. The first-order chi connectivity index (χ1) is 6.70. The van der Waals surface area contributed by atoms with Gasteiger partial charge in [-0.1, -0.05) is 0 Å². The summed E-state index contributed by atoms with van der Waals surface area (Å²) in [6.07, 6.45) is -2.70. The van der Waals surface area contributed by atoms with E-state index in [1.807, 2.05) is 0 Å². The van der Waals surface area contributed by atoms with Crippen LogP contribution in [-0.4, -0.2) is 19.7 Å². The van der Waals surface area contributed by atoms with Gasteiger partial charge in [-0.05, 0) is 12.1 Å². The average molecular weight is 238 g/mol. The largest absolute Gasteiger partial charge is 0.418 e. The van der Waals surface area contributed by atoms with E-state index < -0.39 is 27.3 Å². The third-order valence-electron chi connectivity index (χ3n) is 1.47. The van der Waals surface area contributed by atoms with E-state index in [0.29, 0.717) is 5.75 Å². The van der Waals surface area contributed by atoms with Crippen molar-refractivity contribution in [2.75, 3.05) is 6.26 Å². The first-order valence-electron chi connectivity index (χ1n) is 3.77. The van der Waals surface area contributed by atoms with Gasteiger partial charge in [-0.15, -0.1) is 0 Å². The molecule has 15 heavy (non-hydrogen) atoms. The predicted molar refractivity (Wildman–Crippen MR) is 47.5 cm³/mol. The van der Waals surface area contributed by atoms with Crippen LogP contribution in [0.15, 0.2) is 18.3 Å². The van der Waals surface area contributed by atoms with Gasteiger partial charge in [-0.25, -0.2) is 8.42 Å². The maximum absolute atomic E-state index is 12.4. The lowest BCUT2D eigenvalue weighted by atomic mass is 10.2. The standard InChI is InChI=1S/C8H7F3NO2S/c1-15(13,14)5-7-6(8(9,10)11)3-2-4-12-7/h2-5H,1H3. The number of halogens is 3. The quantitative estimate of drug-likeness (QED) is 0.787. The van der Waals surface area contributed by atoms with E-state index in [2.05, 4.69) is 4.98 Å². The van der Waals surface area contributed by atoms with Gasteiger partial charge in [0.2, 0.25) is 0 Å². The maximum atomic E-state index is 12.4. The Morgan fingerprint density at radius 1 is 1.40 bits per heavy atom. The summed E-state index contributed by atoms with van der Waals surface area (Å²) in [5.74, 6) is 0.496. The molecule has 1 rings (SSSR count). The van der Waals surface area contributed by atoms with Crippen LogP contribution in [0.4, 0.5) is 13.2 Å². The maximum Gasteiger partial charge on any atom is 0.418 e. The number of alkyl halides is 3. The first-order valence-corrected chi connectivity index (χ1v) is 5.72. The molecule has 83 valence electrons. The van der Waals surface area contributed by atoms with E-state index in [-0.39, 0.29) is 0 Å². The number of nitrogens with zero attached hydrogens (tertiary/aromatic N) is 1. The Morgan fingerprint density at radius 2 is 2.00 bits per heavy atom. The lowest BCUT2D eigenvalue weighted by Crippen LogP contribution is -2.12. The summed E-state index contributed by atoms with van der Waals surface area (Å²) in [6.45, 7) is 0. The molecular weight excluding hydrogens is 231 g/mol. The third-order valence-corrected chi connectivity index (χ3v) is 2.12. The van der Waals surface area contributed by atoms with Crippen molar-refractivity contribution < 1.29 is 21.6 Å². The zero-order valence-corrected chi connectivity index (χ0v) is 8.43. The van der Waals surface area contributed by atoms with Crippen LogP contribution in [0.1, 0.15) is 11.3 Å². The molecule has 7 heteroatoms. The highest BCUT2D eigenvalue weighted by Crippen LogP contribution is 2.31. The number of sulfone groups is 1. The minimum absolute atomic E-state index is 0.496. The smallest absolute Gasteiger partial charge is 0.259 e. The molecule has 1 radical (unpaired) electrons. The Morgan fingerprint density at radius 3 is 2.47 bits per heavy atom. The van der Waals surface area contributed by atoms with Gasteiger partial charge in [0.15, 0.2) is 9.84 Å². The molecule has 0 saturated heterocycles. The van der Waals surface area contributed by atoms with Crippen LogP contribution in [0.25, 0.3) is 0 Å². The van der Waals surface area contributed by atoms with Gasteiger partial charge >= 0.3 is 6.18 Å². The molecule has 0 unspecified atom stereocenters. The van der Waals surface area contributed by atoms with Crippen LogP contribution in [0.3, 0.4) is 0 Å². The molecule has 0 bridgehead atoms. The van der Waals surface area contributed by atoms with Gasteiger partial charge < -0.3 is 0 Å². The summed E-state index contributed by atoms with van der Waals surface area (Å²) >= 11 is 0. The zero-order chi connectivity index (χ0) is 11.7. The third kappa shape index (κ3) is 3.50. The fraction of sp³-hybridized carbons (Fsp3) is 0.250. The molecule has 1 heterocycles. The van der Waals surface area contributed by atoms with Crippen molar-refractivity contribution >= 4 is 9.84 Å². The molecule has 3 nitrogen and oxygen atoms in total. The summed E-state index contributed by atoms with van der Waals surface area (Å²) in [7, 11) is -3.65. The van der Waals surface area contributed by atoms with Crippen LogP contribution < -0.4 is 0 Å². The highest BCUT2D eigenvalue weighted by molar-refractivity contribution is 7.92. The topological polar surface area (TPSA) is 47.0 Å². The fourth-order valence-corrected chi connectivity index (χ4v) is 1.55. The summed E-state index contributed by atoms with van der Waals surface area (Å²) < 4.78 is 58.7. The van der Waals surface area contributed by atoms with E-state index in [1.165, 1.54) is 0 Å². The second-order valence-corrected chi connectivity index (χ2v) is 4.78. The van der Waals surface area contributed by atoms with Crippen LogP contribution in [0, 0.1) is 5.75 Å². The second-order valence-electron chi connectivity index (χ2n) is 2.88. The van der Waals surface area contributed by atoms with Gasteiger partial charge in [0.1, 0.15) is 5.75 Å². The monoisotopic (exact) mass is 238 g/mol. The van der Waals surface area contributed by atoms with E-state index in [1.54, 1.807) is 0 Å². The van der Waals surface area contributed by atoms with Crippen molar-refractivity contribution in [3.05, 3.63) is 35.3 Å². The van der Waals surface area contributed by atoms with E-state index in [4.69, 9.17) is 0 Å². The minimum Gasteiger partial charge on any atom is -0.259 e. The average Bonchev–Trinajstić information content (AvgIpc) is 1.99. The molecule has 0 amide bonds. The number of aromatic nitrogens is 1. The van der Waals surface area contributed by atoms with Crippen molar-refractivity contribution in [2.45, 2.75) is 6.18 Å². The summed E-state index contributed by atoms with van der Waals surface area (Å²) in [4.78, 5) is 3.38. The van der Waals surface area contributed by atoms with E-state index >= 15 is 0 Å². The van der Waals surface area contributed by atoms with Crippen molar-refractivity contribution in [3.63, 3.8) is 0 Å². The number of rotatable bonds is 2. The van der Waals surface area contributed by atoms with Crippen molar-refractivity contribution in [3.8, 4) is 0 Å². The second kappa shape index (κ2) is 3.80. The lowest BCUT2D eigenvalue weighted by Gasteiger charge is -2.09. The minimum atomic E-state index is -4.61. The molecule has 0 saturated carbocycles. The Labute approximate surface area is 84.9 Å². The van der Waals surface area contributed by atoms with Gasteiger partial charge in [0.25, 0.3) is 0 Å². The van der Waals surface area contributed by atoms with E-state index in [9.17, 15) is 21.6 Å². The SMILES string of the molecule is CS(=O)(=O)[CH]c1ncccc1C(F)(F)F. The summed E-state index contributed by atoms with van der Waals surface area (Å²) in [5.41, 5.74) is -1.65. The Balaban J connectivity index is 3.19. The number of hydrogen-bond acceptors (Lipinski definition) is 3. The number of pyridine rings is 1. The molecule has 0 aliphatic carbocycles. The van der Waals surface area contributed by atoms with Gasteiger partial charge in [-0.3, -0.25) is 4.98 Å². The Kier molecular flexibility index (Phi) is 3.03. The number of hydrogen-bond donors (Lipinski definition) is 0. The van der Waals surface area contributed by atoms with Gasteiger partial charge in [-0.2, -0.15) is 13.2 Å². The molecule has 0 aliphatic rings. The molecule has 0 fully saturated rings. The molecular formula is C8H7F3NO2S. The van der Waals surface area contributed by atoms with Gasteiger partial charge in [0.05, 0.1) is 11.3 Å². The summed E-state index contributed by atoms with van der Waals surface area (Å²) in [5, 5.41) is 0. The predicted octanol–water partition coefficient (Wildman–Crippen LogP) is 1.65. The van der Waals surface area contributed by atoms with Crippen LogP contribution in [0.2, 0.25) is 0 Å². The molecule has 1 aromatic rings. The Hall–Kier alpha value is -1.11. The fourth-order valence-electron chi connectivity index (χ4n) is 0.954.